The van der Waals surface area contributed by atoms with Crippen molar-refractivity contribution in [1.82, 2.24) is 5.32 Å². The Balaban J connectivity index is 2.61. The molecule has 0 saturated heterocycles. The maximum Gasteiger partial charge on any atom is 0.233 e. The first-order valence-corrected chi connectivity index (χ1v) is 6.26. The third kappa shape index (κ3) is 3.39. The predicted octanol–water partition coefficient (Wildman–Crippen LogP) is 0.215. The van der Waals surface area contributed by atoms with E-state index in [9.17, 15) is 9.59 Å². The largest absolute Gasteiger partial charge is 0.392 e. The predicted molar refractivity (Wildman–Crippen MR) is 69.1 cm³/mol. The van der Waals surface area contributed by atoms with Gasteiger partial charge in [-0.25, -0.2) is 0 Å². The molecular formula is C11H19N3O2S. The van der Waals surface area contributed by atoms with Crippen molar-refractivity contribution in [3.8, 4) is 0 Å². The van der Waals surface area contributed by atoms with Crippen LogP contribution in [0.5, 0.6) is 0 Å². The average molecular weight is 257 g/mol. The zero-order chi connectivity index (χ0) is 12.9. The Kier molecular flexibility index (Phi) is 4.86. The quantitative estimate of drug-likeness (QED) is 0.613. The van der Waals surface area contributed by atoms with Crippen LogP contribution in [0.3, 0.4) is 0 Å². The highest BCUT2D eigenvalue weighted by Gasteiger charge is 2.42. The Labute approximate surface area is 106 Å². The van der Waals surface area contributed by atoms with Crippen LogP contribution in [0.25, 0.3) is 0 Å². The second-order valence-electron chi connectivity index (χ2n) is 4.48. The van der Waals surface area contributed by atoms with Gasteiger partial charge >= 0.3 is 0 Å². The minimum Gasteiger partial charge on any atom is -0.392 e. The van der Waals surface area contributed by atoms with Crippen molar-refractivity contribution in [3.05, 3.63) is 0 Å². The normalized spacial score (nSPS) is 18.4. The summed E-state index contributed by atoms with van der Waals surface area (Å²) in [7, 11) is 0. The van der Waals surface area contributed by atoms with Crippen LogP contribution in [0, 0.1) is 5.41 Å². The van der Waals surface area contributed by atoms with Crippen LogP contribution in [-0.4, -0.2) is 23.3 Å². The summed E-state index contributed by atoms with van der Waals surface area (Å²) in [5.74, 6) is -0.593. The molecule has 0 aromatic heterocycles. The van der Waals surface area contributed by atoms with Gasteiger partial charge in [0.1, 0.15) is 0 Å². The first-order valence-electron chi connectivity index (χ1n) is 5.85. The lowest BCUT2D eigenvalue weighted by Gasteiger charge is -2.34. The molecule has 0 bridgehead atoms. The van der Waals surface area contributed by atoms with Gasteiger partial charge in [-0.05, 0) is 12.8 Å². The van der Waals surface area contributed by atoms with Gasteiger partial charge in [-0.2, -0.15) is 0 Å². The van der Waals surface area contributed by atoms with Gasteiger partial charge in [0.05, 0.1) is 10.4 Å². The van der Waals surface area contributed by atoms with Gasteiger partial charge < -0.3 is 16.8 Å². The van der Waals surface area contributed by atoms with Crippen LogP contribution in [0.2, 0.25) is 0 Å². The topological polar surface area (TPSA) is 98.2 Å². The van der Waals surface area contributed by atoms with Gasteiger partial charge in [-0.1, -0.05) is 31.5 Å². The van der Waals surface area contributed by atoms with Gasteiger partial charge in [0.15, 0.2) is 0 Å². The van der Waals surface area contributed by atoms with Gasteiger partial charge in [-0.15, -0.1) is 0 Å². The molecule has 0 spiro atoms. The zero-order valence-corrected chi connectivity index (χ0v) is 10.6. The van der Waals surface area contributed by atoms with E-state index in [1.54, 1.807) is 0 Å². The third-order valence-electron chi connectivity index (χ3n) is 3.27. The monoisotopic (exact) mass is 257 g/mol. The van der Waals surface area contributed by atoms with Crippen molar-refractivity contribution >= 4 is 29.0 Å². The minimum absolute atomic E-state index is 0.138. The fraction of sp³-hybridized carbons (Fsp3) is 0.727. The number of carbonyl (C=O) groups excluding carboxylic acids is 2. The van der Waals surface area contributed by atoms with Crippen LogP contribution >= 0.6 is 12.2 Å². The lowest BCUT2D eigenvalue weighted by atomic mass is 9.73. The Bertz CT molecular complexity index is 325. The van der Waals surface area contributed by atoms with E-state index >= 15 is 0 Å². The van der Waals surface area contributed by atoms with Crippen molar-refractivity contribution in [2.45, 2.75) is 38.5 Å². The molecule has 5 N–H and O–H groups in total. The second-order valence-corrected chi connectivity index (χ2v) is 4.92. The molecular weight excluding hydrogens is 238 g/mol. The Morgan fingerprint density at radius 2 is 1.76 bits per heavy atom. The molecule has 0 aliphatic heterocycles. The molecule has 0 unspecified atom stereocenters. The molecule has 96 valence electrons. The van der Waals surface area contributed by atoms with Crippen molar-refractivity contribution in [3.63, 3.8) is 0 Å². The third-order valence-corrected chi connectivity index (χ3v) is 3.66. The van der Waals surface area contributed by atoms with Crippen LogP contribution in [0.1, 0.15) is 38.5 Å². The van der Waals surface area contributed by atoms with Crippen LogP contribution in [0.15, 0.2) is 0 Å². The highest BCUT2D eigenvalue weighted by Crippen LogP contribution is 2.36. The summed E-state index contributed by atoms with van der Waals surface area (Å²) in [6.07, 6.45) is 4.56. The smallest absolute Gasteiger partial charge is 0.233 e. The maximum absolute atomic E-state index is 12.1. The van der Waals surface area contributed by atoms with E-state index in [2.05, 4.69) is 5.32 Å². The molecule has 0 atom stereocenters. The maximum atomic E-state index is 12.1. The van der Waals surface area contributed by atoms with Crippen LogP contribution in [-0.2, 0) is 9.59 Å². The van der Waals surface area contributed by atoms with Gasteiger partial charge in [0.25, 0.3) is 0 Å². The fourth-order valence-electron chi connectivity index (χ4n) is 2.21. The SMILES string of the molecule is NC(=O)CCNC(=O)C1(C(N)=S)CCCCC1. The molecule has 1 fully saturated rings. The second kappa shape index (κ2) is 5.95. The Morgan fingerprint density at radius 1 is 1.18 bits per heavy atom. The average Bonchev–Trinajstić information content (AvgIpc) is 2.29. The molecule has 0 heterocycles. The van der Waals surface area contributed by atoms with E-state index in [4.69, 9.17) is 23.7 Å². The molecule has 1 saturated carbocycles. The fourth-order valence-corrected chi connectivity index (χ4v) is 2.51. The Hall–Kier alpha value is -1.17. The molecule has 1 rings (SSSR count). The summed E-state index contributed by atoms with van der Waals surface area (Å²) in [6.45, 7) is 0.249. The lowest BCUT2D eigenvalue weighted by Crippen LogP contribution is -2.50. The summed E-state index contributed by atoms with van der Waals surface area (Å²) >= 11 is 5.03. The number of nitrogens with two attached hydrogens (primary N) is 2. The number of thiocarbonyl (C=S) groups is 1. The van der Waals surface area contributed by atoms with E-state index in [0.717, 1.165) is 19.3 Å². The molecule has 2 amide bonds. The summed E-state index contributed by atoms with van der Waals surface area (Å²) in [6, 6.07) is 0. The van der Waals surface area contributed by atoms with E-state index in [0.29, 0.717) is 12.8 Å². The van der Waals surface area contributed by atoms with Crippen molar-refractivity contribution < 1.29 is 9.59 Å². The number of hydrogen-bond donors (Lipinski definition) is 3. The number of nitrogens with one attached hydrogen (secondary N) is 1. The summed E-state index contributed by atoms with van der Waals surface area (Å²) in [5, 5.41) is 2.70. The molecule has 5 nitrogen and oxygen atoms in total. The van der Waals surface area contributed by atoms with E-state index < -0.39 is 11.3 Å². The molecule has 1 aliphatic rings. The van der Waals surface area contributed by atoms with Crippen LogP contribution < -0.4 is 16.8 Å². The number of hydrogen-bond acceptors (Lipinski definition) is 3. The Morgan fingerprint density at radius 3 is 2.24 bits per heavy atom. The first kappa shape index (κ1) is 13.9. The minimum atomic E-state index is -0.717. The molecule has 0 aromatic rings. The van der Waals surface area contributed by atoms with Gasteiger partial charge in [-0.3, -0.25) is 9.59 Å². The molecule has 17 heavy (non-hydrogen) atoms. The first-order chi connectivity index (χ1) is 7.99. The summed E-state index contributed by atoms with van der Waals surface area (Å²) in [4.78, 5) is 23.0. The number of primary amides is 1. The van der Waals surface area contributed by atoms with E-state index in [-0.39, 0.29) is 23.9 Å². The van der Waals surface area contributed by atoms with E-state index in [1.165, 1.54) is 0 Å². The molecule has 0 aromatic carbocycles. The van der Waals surface area contributed by atoms with Crippen LogP contribution in [0.4, 0.5) is 0 Å². The summed E-state index contributed by atoms with van der Waals surface area (Å²) in [5.41, 5.74) is 10.0. The van der Waals surface area contributed by atoms with E-state index in [1.807, 2.05) is 0 Å². The molecule has 6 heteroatoms. The summed E-state index contributed by atoms with van der Waals surface area (Å²) < 4.78 is 0. The lowest BCUT2D eigenvalue weighted by molar-refractivity contribution is -0.128. The van der Waals surface area contributed by atoms with Crippen molar-refractivity contribution in [2.24, 2.45) is 16.9 Å². The molecule has 0 radical (unpaired) electrons. The van der Waals surface area contributed by atoms with Crippen molar-refractivity contribution in [2.75, 3.05) is 6.54 Å². The highest BCUT2D eigenvalue weighted by atomic mass is 32.1. The van der Waals surface area contributed by atoms with Gasteiger partial charge in [0.2, 0.25) is 11.8 Å². The zero-order valence-electron chi connectivity index (χ0n) is 9.83. The highest BCUT2D eigenvalue weighted by molar-refractivity contribution is 7.80. The van der Waals surface area contributed by atoms with Crippen molar-refractivity contribution in [1.29, 1.82) is 0 Å². The van der Waals surface area contributed by atoms with Gasteiger partial charge in [0, 0.05) is 13.0 Å². The number of carbonyl (C=O) groups is 2. The number of amides is 2. The number of rotatable bonds is 5. The standard InChI is InChI=1S/C11H19N3O2S/c12-8(15)4-7-14-10(16)11(9(13)17)5-2-1-3-6-11/h1-7H2,(H2,12,15)(H2,13,17)(H,14,16). The molecule has 1 aliphatic carbocycles.